The van der Waals surface area contributed by atoms with Crippen LogP contribution in [-0.4, -0.2) is 15.7 Å². The summed E-state index contributed by atoms with van der Waals surface area (Å²) in [5.74, 6) is -0.0760. The minimum atomic E-state index is -0.262. The minimum absolute atomic E-state index is 0.0760. The Kier molecular flexibility index (Phi) is 4.91. The third kappa shape index (κ3) is 3.90. The van der Waals surface area contributed by atoms with Gasteiger partial charge in [0.1, 0.15) is 0 Å². The van der Waals surface area contributed by atoms with Gasteiger partial charge in [-0.15, -0.1) is 11.3 Å². The molecule has 1 N–H and O–H groups in total. The minimum Gasteiger partial charge on any atom is -0.301 e. The van der Waals surface area contributed by atoms with Crippen LogP contribution in [0.2, 0.25) is 0 Å². The van der Waals surface area contributed by atoms with Crippen molar-refractivity contribution in [2.24, 2.45) is 0 Å². The normalized spacial score (nSPS) is 12.1. The maximum Gasteiger partial charge on any atom is 0.240 e. The smallest absolute Gasteiger partial charge is 0.240 e. The lowest BCUT2D eigenvalue weighted by Gasteiger charge is -2.09. The number of alkyl halides is 1. The summed E-state index contributed by atoms with van der Waals surface area (Å²) in [5, 5.41) is 5.22. The predicted octanol–water partition coefficient (Wildman–Crippen LogP) is 3.85. The first kappa shape index (κ1) is 13.7. The van der Waals surface area contributed by atoms with Gasteiger partial charge in [0.15, 0.2) is 5.13 Å². The Morgan fingerprint density at radius 2 is 2.11 bits per heavy atom. The second-order valence-corrected chi connectivity index (χ2v) is 6.54. The van der Waals surface area contributed by atoms with E-state index in [-0.39, 0.29) is 10.7 Å². The Morgan fingerprint density at radius 1 is 1.39 bits per heavy atom. The van der Waals surface area contributed by atoms with E-state index < -0.39 is 0 Å². The second-order valence-electron chi connectivity index (χ2n) is 3.62. The first-order valence-electron chi connectivity index (χ1n) is 5.24. The first-order valence-corrected chi connectivity index (χ1v) is 7.83. The van der Waals surface area contributed by atoms with Gasteiger partial charge in [0, 0.05) is 16.0 Å². The first-order chi connectivity index (χ1) is 8.65. The van der Waals surface area contributed by atoms with E-state index >= 15 is 0 Å². The van der Waals surface area contributed by atoms with Crippen LogP contribution < -0.4 is 5.32 Å². The maximum atomic E-state index is 11.9. The molecule has 1 aromatic heterocycles. The van der Waals surface area contributed by atoms with Gasteiger partial charge in [-0.3, -0.25) is 4.79 Å². The highest BCUT2D eigenvalue weighted by Crippen LogP contribution is 2.17. The lowest BCUT2D eigenvalue weighted by molar-refractivity contribution is -0.115. The number of carbonyl (C=O) groups excluding carboxylic acids is 1. The molecular formula is C12H10Br2N2OS. The van der Waals surface area contributed by atoms with E-state index in [1.807, 2.05) is 29.6 Å². The number of carbonyl (C=O) groups is 1. The average molecular weight is 390 g/mol. The molecule has 0 fully saturated rings. The van der Waals surface area contributed by atoms with Gasteiger partial charge >= 0.3 is 0 Å². The van der Waals surface area contributed by atoms with Crippen LogP contribution in [0.25, 0.3) is 0 Å². The van der Waals surface area contributed by atoms with Crippen LogP contribution in [0, 0.1) is 0 Å². The molecule has 2 aromatic rings. The molecule has 0 saturated carbocycles. The standard InChI is InChI=1S/C12H10Br2N2OS/c13-9-3-1-8(2-4-9)7-10(14)11(17)16-12-15-5-6-18-12/h1-6,10H,7H2,(H,15,16,17)/t10-/m0/s1. The van der Waals surface area contributed by atoms with Crippen molar-refractivity contribution in [3.8, 4) is 0 Å². The third-order valence-electron chi connectivity index (χ3n) is 2.28. The van der Waals surface area contributed by atoms with Crippen molar-refractivity contribution in [2.45, 2.75) is 11.2 Å². The molecule has 0 saturated heterocycles. The quantitative estimate of drug-likeness (QED) is 0.807. The fraction of sp³-hybridized carbons (Fsp3) is 0.167. The van der Waals surface area contributed by atoms with E-state index in [9.17, 15) is 4.79 Å². The Labute approximate surface area is 126 Å². The Bertz CT molecular complexity index is 513. The third-order valence-corrected chi connectivity index (χ3v) is 4.23. The topological polar surface area (TPSA) is 42.0 Å². The summed E-state index contributed by atoms with van der Waals surface area (Å²) >= 11 is 8.19. The molecule has 94 valence electrons. The summed E-state index contributed by atoms with van der Waals surface area (Å²) in [6, 6.07) is 7.92. The van der Waals surface area contributed by atoms with E-state index in [1.165, 1.54) is 11.3 Å². The zero-order valence-corrected chi connectivity index (χ0v) is 13.3. The van der Waals surface area contributed by atoms with E-state index in [0.29, 0.717) is 11.6 Å². The van der Waals surface area contributed by atoms with Gasteiger partial charge in [0.05, 0.1) is 4.83 Å². The molecule has 2 rings (SSSR count). The van der Waals surface area contributed by atoms with E-state index in [4.69, 9.17) is 0 Å². The van der Waals surface area contributed by atoms with Crippen molar-refractivity contribution >= 4 is 54.2 Å². The lowest BCUT2D eigenvalue weighted by Crippen LogP contribution is -2.24. The SMILES string of the molecule is O=C(Nc1nccs1)[C@@H](Br)Cc1ccc(Br)cc1. The highest BCUT2D eigenvalue weighted by molar-refractivity contribution is 9.10. The van der Waals surface area contributed by atoms with Crippen molar-refractivity contribution in [3.05, 3.63) is 45.9 Å². The molecule has 1 aromatic carbocycles. The highest BCUT2D eigenvalue weighted by Gasteiger charge is 2.16. The van der Waals surface area contributed by atoms with E-state index in [2.05, 4.69) is 42.2 Å². The van der Waals surface area contributed by atoms with Crippen molar-refractivity contribution in [1.29, 1.82) is 0 Å². The molecule has 0 bridgehead atoms. The van der Waals surface area contributed by atoms with Crippen LogP contribution in [-0.2, 0) is 11.2 Å². The van der Waals surface area contributed by atoms with Gasteiger partial charge < -0.3 is 5.32 Å². The molecule has 3 nitrogen and oxygen atoms in total. The number of anilines is 1. The molecule has 18 heavy (non-hydrogen) atoms. The fourth-order valence-corrected chi connectivity index (χ4v) is 2.67. The lowest BCUT2D eigenvalue weighted by atomic mass is 10.1. The van der Waals surface area contributed by atoms with Crippen LogP contribution in [0.15, 0.2) is 40.3 Å². The molecule has 0 aliphatic rings. The number of rotatable bonds is 4. The molecule has 1 heterocycles. The molecule has 1 amide bonds. The predicted molar refractivity (Wildman–Crippen MR) is 81.3 cm³/mol. The number of nitrogens with zero attached hydrogens (tertiary/aromatic N) is 1. The number of hydrogen-bond donors (Lipinski definition) is 1. The monoisotopic (exact) mass is 388 g/mol. The number of aromatic nitrogens is 1. The number of hydrogen-bond acceptors (Lipinski definition) is 3. The van der Waals surface area contributed by atoms with Gasteiger partial charge in [-0.2, -0.15) is 0 Å². The van der Waals surface area contributed by atoms with Gasteiger partial charge in [-0.1, -0.05) is 44.0 Å². The Hall–Kier alpha value is -0.720. The second kappa shape index (κ2) is 6.45. The largest absolute Gasteiger partial charge is 0.301 e. The number of benzene rings is 1. The average Bonchev–Trinajstić information content (AvgIpc) is 2.85. The molecule has 0 unspecified atom stereocenters. The van der Waals surface area contributed by atoms with Crippen LogP contribution in [0.4, 0.5) is 5.13 Å². The highest BCUT2D eigenvalue weighted by atomic mass is 79.9. The molecule has 1 atom stereocenters. The summed E-state index contributed by atoms with van der Waals surface area (Å²) in [5.41, 5.74) is 1.11. The summed E-state index contributed by atoms with van der Waals surface area (Å²) in [6.45, 7) is 0. The summed E-state index contributed by atoms with van der Waals surface area (Å²) < 4.78 is 1.03. The Balaban J connectivity index is 1.93. The summed E-state index contributed by atoms with van der Waals surface area (Å²) in [7, 11) is 0. The zero-order chi connectivity index (χ0) is 13.0. The van der Waals surface area contributed by atoms with Gasteiger partial charge in [0.2, 0.25) is 5.91 Å². The molecule has 0 aliphatic heterocycles. The summed E-state index contributed by atoms with van der Waals surface area (Å²) in [6.07, 6.45) is 2.31. The van der Waals surface area contributed by atoms with Crippen LogP contribution in [0.5, 0.6) is 0 Å². The molecule has 6 heteroatoms. The zero-order valence-electron chi connectivity index (χ0n) is 9.27. The number of halogens is 2. The molecular weight excluding hydrogens is 380 g/mol. The van der Waals surface area contributed by atoms with Crippen LogP contribution >= 0.6 is 43.2 Å². The fourth-order valence-electron chi connectivity index (χ4n) is 1.39. The van der Waals surface area contributed by atoms with Crippen LogP contribution in [0.1, 0.15) is 5.56 Å². The number of nitrogens with one attached hydrogen (secondary N) is 1. The van der Waals surface area contributed by atoms with E-state index in [0.717, 1.165) is 10.0 Å². The van der Waals surface area contributed by atoms with Gasteiger partial charge in [-0.25, -0.2) is 4.98 Å². The van der Waals surface area contributed by atoms with Crippen molar-refractivity contribution in [1.82, 2.24) is 4.98 Å². The van der Waals surface area contributed by atoms with Crippen molar-refractivity contribution < 1.29 is 4.79 Å². The van der Waals surface area contributed by atoms with Crippen LogP contribution in [0.3, 0.4) is 0 Å². The Morgan fingerprint density at radius 3 is 2.72 bits per heavy atom. The summed E-state index contributed by atoms with van der Waals surface area (Å²) in [4.78, 5) is 15.6. The van der Waals surface area contributed by atoms with E-state index in [1.54, 1.807) is 6.20 Å². The number of amides is 1. The maximum absolute atomic E-state index is 11.9. The van der Waals surface area contributed by atoms with Crippen molar-refractivity contribution in [3.63, 3.8) is 0 Å². The van der Waals surface area contributed by atoms with Crippen molar-refractivity contribution in [2.75, 3.05) is 5.32 Å². The van der Waals surface area contributed by atoms with Gasteiger partial charge in [0.25, 0.3) is 0 Å². The molecule has 0 radical (unpaired) electrons. The van der Waals surface area contributed by atoms with Gasteiger partial charge in [-0.05, 0) is 24.1 Å². The number of thiazole rings is 1. The molecule has 0 aliphatic carbocycles. The molecule has 0 spiro atoms.